The van der Waals surface area contributed by atoms with Crippen molar-refractivity contribution >= 4 is 39.1 Å². The molecule has 0 aromatic carbocycles. The van der Waals surface area contributed by atoms with E-state index in [1.807, 2.05) is 19.9 Å². The summed E-state index contributed by atoms with van der Waals surface area (Å²) in [5.74, 6) is 0.753. The van der Waals surface area contributed by atoms with Crippen LogP contribution in [0.4, 0.5) is 5.82 Å². The monoisotopic (exact) mass is 604 g/mol. The smallest absolute Gasteiger partial charge is 0.318 e. The van der Waals surface area contributed by atoms with Crippen molar-refractivity contribution in [3.8, 4) is 6.01 Å². The van der Waals surface area contributed by atoms with Gasteiger partial charge >= 0.3 is 6.01 Å². The number of aliphatic imine (C=N–C) groups is 1. The number of aliphatic hydroxyl groups is 1. The summed E-state index contributed by atoms with van der Waals surface area (Å²) in [4.78, 5) is 17.0. The van der Waals surface area contributed by atoms with E-state index in [0.717, 1.165) is 45.7 Å². The summed E-state index contributed by atoms with van der Waals surface area (Å²) in [6.07, 6.45) is 12.4. The third-order valence-electron chi connectivity index (χ3n) is 7.40. The highest BCUT2D eigenvalue weighted by atomic mass is 79.9. The molecule has 39 heavy (non-hydrogen) atoms. The molecule has 0 radical (unpaired) electrons. The zero-order valence-corrected chi connectivity index (χ0v) is 26.7. The first-order valence-corrected chi connectivity index (χ1v) is 15.5. The Morgan fingerprint density at radius 2 is 1.95 bits per heavy atom. The van der Waals surface area contributed by atoms with Gasteiger partial charge < -0.3 is 19.5 Å². The predicted octanol–water partition coefficient (Wildman–Crippen LogP) is 7.22. The predicted molar refractivity (Wildman–Crippen MR) is 166 cm³/mol. The molecule has 1 aliphatic carbocycles. The van der Waals surface area contributed by atoms with Crippen LogP contribution >= 0.6 is 15.9 Å². The molecule has 218 valence electrons. The van der Waals surface area contributed by atoms with E-state index in [4.69, 9.17) is 24.4 Å². The highest BCUT2D eigenvalue weighted by Crippen LogP contribution is 2.40. The van der Waals surface area contributed by atoms with Crippen molar-refractivity contribution in [3.63, 3.8) is 0 Å². The molecule has 1 fully saturated rings. The summed E-state index contributed by atoms with van der Waals surface area (Å²) in [6, 6.07) is 0.508. The van der Waals surface area contributed by atoms with Gasteiger partial charge in [-0.3, -0.25) is 4.99 Å². The Morgan fingerprint density at radius 1 is 1.23 bits per heavy atom. The van der Waals surface area contributed by atoms with Crippen LogP contribution in [-0.2, 0) is 4.74 Å². The molecular weight excluding hydrogens is 556 g/mol. The zero-order valence-electron chi connectivity index (χ0n) is 25.1. The minimum atomic E-state index is -0.997. The van der Waals surface area contributed by atoms with Crippen molar-refractivity contribution in [1.29, 1.82) is 0 Å². The molecule has 2 aliphatic rings. The Balaban J connectivity index is 2.07. The molecule has 1 saturated heterocycles. The third-order valence-corrected chi connectivity index (χ3v) is 8.01. The van der Waals surface area contributed by atoms with Crippen LogP contribution in [-0.4, -0.2) is 65.3 Å². The van der Waals surface area contributed by atoms with E-state index in [-0.39, 0.29) is 18.1 Å². The first-order chi connectivity index (χ1) is 18.5. The normalized spacial score (nSPS) is 23.5. The third kappa shape index (κ3) is 8.61. The number of hydrogen-bond acceptors (Lipinski definition) is 7. The van der Waals surface area contributed by atoms with Gasteiger partial charge in [0.15, 0.2) is 0 Å². The summed E-state index contributed by atoms with van der Waals surface area (Å²) in [6.45, 7) is 17.2. The largest absolute Gasteiger partial charge is 0.463 e. The number of nitrogens with zero attached hydrogens (tertiary/aromatic N) is 4. The van der Waals surface area contributed by atoms with Crippen LogP contribution in [0.3, 0.4) is 0 Å². The van der Waals surface area contributed by atoms with E-state index >= 15 is 0 Å². The molecular formula is C31H49BrN4O3. The van der Waals surface area contributed by atoms with Crippen molar-refractivity contribution in [2.75, 3.05) is 37.8 Å². The van der Waals surface area contributed by atoms with Crippen LogP contribution in [0, 0.1) is 5.41 Å². The molecule has 1 N–H and O–H groups in total. The number of aromatic nitrogens is 2. The molecule has 1 aromatic heterocycles. The van der Waals surface area contributed by atoms with Gasteiger partial charge in [-0.15, -0.1) is 0 Å². The number of β-amino-alcohol motifs (C(OH)–C–C–N with tert-alkyl or cyclic N) is 1. The molecule has 8 heteroatoms. The average Bonchev–Trinajstić information content (AvgIpc) is 3.06. The van der Waals surface area contributed by atoms with Crippen molar-refractivity contribution in [3.05, 3.63) is 21.8 Å². The van der Waals surface area contributed by atoms with Crippen LogP contribution in [0.15, 0.2) is 15.6 Å². The molecule has 2 heterocycles. The number of allylic oxidation sites excluding steroid dienone is 3. The van der Waals surface area contributed by atoms with Crippen LogP contribution < -0.4 is 9.64 Å². The van der Waals surface area contributed by atoms with Crippen molar-refractivity contribution in [2.24, 2.45) is 10.4 Å². The molecule has 7 nitrogen and oxygen atoms in total. The highest BCUT2D eigenvalue weighted by molar-refractivity contribution is 9.12. The van der Waals surface area contributed by atoms with Gasteiger partial charge in [-0.1, -0.05) is 59.0 Å². The number of fused-ring (bicyclic) bond motifs is 1. The van der Waals surface area contributed by atoms with Crippen LogP contribution in [0.1, 0.15) is 105 Å². The van der Waals surface area contributed by atoms with Crippen LogP contribution in [0.5, 0.6) is 6.01 Å². The maximum absolute atomic E-state index is 11.0. The van der Waals surface area contributed by atoms with Gasteiger partial charge in [0.25, 0.3) is 0 Å². The van der Waals surface area contributed by atoms with E-state index in [0.29, 0.717) is 32.3 Å². The van der Waals surface area contributed by atoms with Crippen molar-refractivity contribution < 1.29 is 14.6 Å². The number of anilines is 1. The second-order valence-corrected chi connectivity index (χ2v) is 12.8. The minimum absolute atomic E-state index is 0.0761. The SMILES string of the molecule is C/C=C1\C(=NC(C)C)C(Br)=Cc2nc(OCC(C)(CCCC)CCCCC)nc(N3CCOCC(C)(O)C3)c21. The van der Waals surface area contributed by atoms with Gasteiger partial charge in [-0.2, -0.15) is 9.97 Å². The number of halogens is 1. The van der Waals surface area contributed by atoms with Gasteiger partial charge in [0.2, 0.25) is 0 Å². The Kier molecular flexibility index (Phi) is 11.6. The fourth-order valence-corrected chi connectivity index (χ4v) is 5.84. The van der Waals surface area contributed by atoms with E-state index in [1.165, 1.54) is 32.1 Å². The maximum atomic E-state index is 11.0. The Labute approximate surface area is 244 Å². The molecule has 1 aliphatic heterocycles. The topological polar surface area (TPSA) is 80.1 Å². The average molecular weight is 606 g/mol. The molecule has 0 spiro atoms. The standard InChI is InChI=1S/C31H49BrN4O3/c1-8-11-13-15-30(6,14-12-9-2)20-39-29-34-25-18-24(32)27(33-22(4)5)23(10-3)26(25)28(35-29)36-16-17-38-21-31(7,37)19-36/h10,18,22,37H,8-9,11-17,19-21H2,1-7H3/b23-10-,33-27?. The number of hydrogen-bond donors (Lipinski definition) is 1. The lowest BCUT2D eigenvalue weighted by Crippen LogP contribution is -2.42. The summed E-state index contributed by atoms with van der Waals surface area (Å²) < 4.78 is 13.1. The van der Waals surface area contributed by atoms with Gasteiger partial charge in [-0.05, 0) is 62.5 Å². The van der Waals surface area contributed by atoms with Crippen molar-refractivity contribution in [2.45, 2.75) is 105 Å². The van der Waals surface area contributed by atoms with Crippen LogP contribution in [0.25, 0.3) is 11.6 Å². The summed E-state index contributed by atoms with van der Waals surface area (Å²) in [7, 11) is 0. The fourth-order valence-electron chi connectivity index (χ4n) is 5.30. The Bertz CT molecular complexity index is 1070. The molecule has 3 rings (SSSR count). The van der Waals surface area contributed by atoms with Crippen LogP contribution in [0.2, 0.25) is 0 Å². The minimum Gasteiger partial charge on any atom is -0.463 e. The molecule has 0 bridgehead atoms. The van der Waals surface area contributed by atoms with E-state index < -0.39 is 5.60 Å². The maximum Gasteiger partial charge on any atom is 0.318 e. The number of unbranched alkanes of at least 4 members (excludes halogenated alkanes) is 3. The number of ether oxygens (including phenoxy) is 2. The lowest BCUT2D eigenvalue weighted by molar-refractivity contribution is -0.0123. The molecule has 0 amide bonds. The van der Waals surface area contributed by atoms with Gasteiger partial charge in [0.1, 0.15) is 11.4 Å². The highest BCUT2D eigenvalue weighted by Gasteiger charge is 2.34. The first kappa shape index (κ1) is 31.8. The first-order valence-electron chi connectivity index (χ1n) is 14.7. The summed E-state index contributed by atoms with van der Waals surface area (Å²) in [5, 5.41) is 11.0. The lowest BCUT2D eigenvalue weighted by Gasteiger charge is -2.32. The summed E-state index contributed by atoms with van der Waals surface area (Å²) >= 11 is 3.76. The fraction of sp³-hybridized carbons (Fsp3) is 0.710. The Hall–Kier alpha value is -1.77. The van der Waals surface area contributed by atoms with E-state index in [2.05, 4.69) is 61.5 Å². The van der Waals surface area contributed by atoms with Crippen molar-refractivity contribution in [1.82, 2.24) is 9.97 Å². The molecule has 0 saturated carbocycles. The second-order valence-electron chi connectivity index (χ2n) is 12.0. The van der Waals surface area contributed by atoms with Gasteiger partial charge in [-0.25, -0.2) is 0 Å². The van der Waals surface area contributed by atoms with Gasteiger partial charge in [0, 0.05) is 28.1 Å². The molecule has 2 unspecified atom stereocenters. The molecule has 1 aromatic rings. The lowest BCUT2D eigenvalue weighted by atomic mass is 9.81. The summed E-state index contributed by atoms with van der Waals surface area (Å²) in [5.41, 5.74) is 2.66. The van der Waals surface area contributed by atoms with E-state index in [1.54, 1.807) is 0 Å². The van der Waals surface area contributed by atoms with E-state index in [9.17, 15) is 5.11 Å². The zero-order chi connectivity index (χ0) is 28.6. The molecule has 2 atom stereocenters. The Morgan fingerprint density at radius 3 is 2.62 bits per heavy atom. The number of rotatable bonds is 12. The van der Waals surface area contributed by atoms with Gasteiger partial charge in [0.05, 0.1) is 43.3 Å². The second kappa shape index (κ2) is 14.2. The quantitative estimate of drug-likeness (QED) is 0.254.